The summed E-state index contributed by atoms with van der Waals surface area (Å²) >= 11 is 0. The van der Waals surface area contributed by atoms with E-state index in [1.165, 1.54) is 13.1 Å². The van der Waals surface area contributed by atoms with Crippen molar-refractivity contribution in [2.45, 2.75) is 6.92 Å². The van der Waals surface area contributed by atoms with Crippen LogP contribution in [0.5, 0.6) is 0 Å². The molecule has 0 saturated heterocycles. The molecule has 3 amide bonds. The highest BCUT2D eigenvalue weighted by Gasteiger charge is 2.09. The molecule has 0 spiro atoms. The molecule has 0 atom stereocenters. The standard InChI is InChI=1S/C16H16FN3O2/c1-10-6-7-11(8-14(10)17)15(21)19-12-4-3-5-13(9-12)20-16(22)18-2/h3-9H,1-2H3,(H,19,21)(H2,18,20,22). The lowest BCUT2D eigenvalue weighted by Gasteiger charge is -2.09. The Labute approximate surface area is 127 Å². The maximum atomic E-state index is 13.5. The molecule has 3 N–H and O–H groups in total. The van der Waals surface area contributed by atoms with Crippen LogP contribution >= 0.6 is 0 Å². The maximum Gasteiger partial charge on any atom is 0.318 e. The van der Waals surface area contributed by atoms with Crippen LogP contribution in [0.2, 0.25) is 0 Å². The first-order valence-electron chi connectivity index (χ1n) is 6.66. The molecule has 0 heterocycles. The molecule has 5 nitrogen and oxygen atoms in total. The van der Waals surface area contributed by atoms with Gasteiger partial charge in [0.25, 0.3) is 5.91 Å². The molecule has 6 heteroatoms. The predicted molar refractivity (Wildman–Crippen MR) is 83.6 cm³/mol. The van der Waals surface area contributed by atoms with E-state index in [2.05, 4.69) is 16.0 Å². The fourth-order valence-electron chi connectivity index (χ4n) is 1.81. The fourth-order valence-corrected chi connectivity index (χ4v) is 1.81. The van der Waals surface area contributed by atoms with E-state index in [1.807, 2.05) is 0 Å². The van der Waals surface area contributed by atoms with Gasteiger partial charge in [0.2, 0.25) is 0 Å². The number of urea groups is 1. The van der Waals surface area contributed by atoms with Gasteiger partial charge in [-0.05, 0) is 42.8 Å². The van der Waals surface area contributed by atoms with Crippen LogP contribution < -0.4 is 16.0 Å². The minimum Gasteiger partial charge on any atom is -0.341 e. The van der Waals surface area contributed by atoms with E-state index >= 15 is 0 Å². The van der Waals surface area contributed by atoms with Gasteiger partial charge in [0.1, 0.15) is 5.82 Å². The zero-order valence-corrected chi connectivity index (χ0v) is 12.2. The third-order valence-corrected chi connectivity index (χ3v) is 3.04. The fraction of sp³-hybridized carbons (Fsp3) is 0.125. The van der Waals surface area contributed by atoms with E-state index in [0.29, 0.717) is 16.9 Å². The van der Waals surface area contributed by atoms with Crippen LogP contribution in [0, 0.1) is 12.7 Å². The Morgan fingerprint density at radius 1 is 1.00 bits per heavy atom. The van der Waals surface area contributed by atoms with Crippen LogP contribution in [0.25, 0.3) is 0 Å². The second-order valence-electron chi connectivity index (χ2n) is 4.70. The topological polar surface area (TPSA) is 70.2 Å². The van der Waals surface area contributed by atoms with Gasteiger partial charge in [-0.2, -0.15) is 0 Å². The van der Waals surface area contributed by atoms with Gasteiger partial charge in [0.05, 0.1) is 0 Å². The molecule has 0 unspecified atom stereocenters. The van der Waals surface area contributed by atoms with E-state index in [4.69, 9.17) is 0 Å². The van der Waals surface area contributed by atoms with Crippen LogP contribution in [0.1, 0.15) is 15.9 Å². The quantitative estimate of drug-likeness (QED) is 0.815. The normalized spacial score (nSPS) is 9.95. The Morgan fingerprint density at radius 3 is 2.32 bits per heavy atom. The van der Waals surface area contributed by atoms with Gasteiger partial charge in [0, 0.05) is 24.0 Å². The first-order valence-corrected chi connectivity index (χ1v) is 6.66. The molecule has 0 saturated carbocycles. The molecule has 0 aliphatic carbocycles. The lowest BCUT2D eigenvalue weighted by atomic mass is 10.1. The zero-order chi connectivity index (χ0) is 16.1. The van der Waals surface area contributed by atoms with E-state index in [0.717, 1.165) is 0 Å². The molecular formula is C16H16FN3O2. The average Bonchev–Trinajstić information content (AvgIpc) is 2.50. The molecule has 0 aliphatic rings. The molecule has 0 aromatic heterocycles. The predicted octanol–water partition coefficient (Wildman–Crippen LogP) is 3.14. The van der Waals surface area contributed by atoms with Gasteiger partial charge >= 0.3 is 6.03 Å². The molecule has 0 fully saturated rings. The summed E-state index contributed by atoms with van der Waals surface area (Å²) < 4.78 is 13.5. The molecule has 0 bridgehead atoms. The van der Waals surface area contributed by atoms with Gasteiger partial charge in [-0.25, -0.2) is 9.18 Å². The molecule has 2 aromatic rings. The highest BCUT2D eigenvalue weighted by molar-refractivity contribution is 6.04. The largest absolute Gasteiger partial charge is 0.341 e. The number of halogens is 1. The summed E-state index contributed by atoms with van der Waals surface area (Å²) in [6.07, 6.45) is 0. The summed E-state index contributed by atoms with van der Waals surface area (Å²) in [5.74, 6) is -0.848. The highest BCUT2D eigenvalue weighted by Crippen LogP contribution is 2.17. The first-order chi connectivity index (χ1) is 10.5. The summed E-state index contributed by atoms with van der Waals surface area (Å²) in [6, 6.07) is 10.6. The number of amides is 3. The number of anilines is 2. The van der Waals surface area contributed by atoms with Crippen LogP contribution in [-0.4, -0.2) is 19.0 Å². The number of nitrogens with one attached hydrogen (secondary N) is 3. The zero-order valence-electron chi connectivity index (χ0n) is 12.2. The minimum absolute atomic E-state index is 0.229. The van der Waals surface area contributed by atoms with Crippen molar-refractivity contribution in [1.82, 2.24) is 5.32 Å². The summed E-state index contributed by atoms with van der Waals surface area (Å²) in [6.45, 7) is 1.63. The lowest BCUT2D eigenvalue weighted by Crippen LogP contribution is -2.24. The minimum atomic E-state index is -0.428. The van der Waals surface area contributed by atoms with Crippen LogP contribution in [0.4, 0.5) is 20.6 Å². The number of hydrogen-bond donors (Lipinski definition) is 3. The van der Waals surface area contributed by atoms with Crippen LogP contribution in [-0.2, 0) is 0 Å². The van der Waals surface area contributed by atoms with Gasteiger partial charge in [-0.15, -0.1) is 0 Å². The molecule has 114 valence electrons. The third kappa shape index (κ3) is 3.82. The summed E-state index contributed by atoms with van der Waals surface area (Å²) in [7, 11) is 1.51. The van der Waals surface area contributed by atoms with E-state index in [1.54, 1.807) is 43.3 Å². The van der Waals surface area contributed by atoms with E-state index < -0.39 is 11.7 Å². The maximum absolute atomic E-state index is 13.5. The number of hydrogen-bond acceptors (Lipinski definition) is 2. The Hall–Kier alpha value is -2.89. The van der Waals surface area contributed by atoms with Crippen LogP contribution in [0.3, 0.4) is 0 Å². The van der Waals surface area contributed by atoms with Crippen molar-refractivity contribution in [3.63, 3.8) is 0 Å². The lowest BCUT2D eigenvalue weighted by molar-refractivity contribution is 0.102. The Balaban J connectivity index is 2.12. The van der Waals surface area contributed by atoms with Crippen molar-refractivity contribution in [2.24, 2.45) is 0 Å². The Bertz CT molecular complexity index is 716. The molecule has 22 heavy (non-hydrogen) atoms. The van der Waals surface area contributed by atoms with Crippen molar-refractivity contribution in [3.05, 3.63) is 59.4 Å². The SMILES string of the molecule is CNC(=O)Nc1cccc(NC(=O)c2ccc(C)c(F)c2)c1. The highest BCUT2D eigenvalue weighted by atomic mass is 19.1. The second kappa shape index (κ2) is 6.71. The summed E-state index contributed by atoms with van der Waals surface area (Å²) in [5.41, 5.74) is 1.74. The molecule has 0 radical (unpaired) electrons. The number of carbonyl (C=O) groups is 2. The number of rotatable bonds is 3. The smallest absolute Gasteiger partial charge is 0.318 e. The number of carbonyl (C=O) groups excluding carboxylic acids is 2. The van der Waals surface area contributed by atoms with E-state index in [9.17, 15) is 14.0 Å². The van der Waals surface area contributed by atoms with Crippen molar-refractivity contribution < 1.29 is 14.0 Å². The van der Waals surface area contributed by atoms with Crippen molar-refractivity contribution in [2.75, 3.05) is 17.7 Å². The van der Waals surface area contributed by atoms with Gasteiger partial charge in [-0.3, -0.25) is 4.79 Å². The van der Waals surface area contributed by atoms with Gasteiger partial charge in [0.15, 0.2) is 0 Å². The van der Waals surface area contributed by atoms with E-state index in [-0.39, 0.29) is 11.6 Å². The Morgan fingerprint density at radius 2 is 1.68 bits per heavy atom. The molecule has 0 aliphatic heterocycles. The summed E-state index contributed by atoms with van der Waals surface area (Å²) in [4.78, 5) is 23.3. The van der Waals surface area contributed by atoms with Crippen molar-refractivity contribution >= 4 is 23.3 Å². The Kier molecular flexibility index (Phi) is 4.73. The number of aryl methyl sites for hydroxylation is 1. The van der Waals surface area contributed by atoms with Crippen molar-refractivity contribution in [1.29, 1.82) is 0 Å². The van der Waals surface area contributed by atoms with Gasteiger partial charge < -0.3 is 16.0 Å². The first kappa shape index (κ1) is 15.5. The molecular weight excluding hydrogens is 285 g/mol. The summed E-state index contributed by atoms with van der Waals surface area (Å²) in [5, 5.41) is 7.69. The van der Waals surface area contributed by atoms with Crippen LogP contribution in [0.15, 0.2) is 42.5 Å². The number of benzene rings is 2. The second-order valence-corrected chi connectivity index (χ2v) is 4.70. The monoisotopic (exact) mass is 301 g/mol. The average molecular weight is 301 g/mol. The molecule has 2 aromatic carbocycles. The van der Waals surface area contributed by atoms with Gasteiger partial charge in [-0.1, -0.05) is 12.1 Å². The third-order valence-electron chi connectivity index (χ3n) is 3.04. The van der Waals surface area contributed by atoms with Crippen molar-refractivity contribution in [3.8, 4) is 0 Å². The molecule has 2 rings (SSSR count).